The minimum atomic E-state index is -0.214. The smallest absolute Gasteiger partial charge is 0.305 e. The maximum Gasteiger partial charge on any atom is 0.305 e. The molecule has 2 atom stereocenters. The number of rotatable bonds is 14. The molecule has 0 spiro atoms. The van der Waals surface area contributed by atoms with E-state index in [1.165, 1.54) is 32.1 Å². The van der Waals surface area contributed by atoms with Gasteiger partial charge in [0.05, 0.1) is 12.7 Å². The monoisotopic (exact) mass is 312 g/mol. The minimum absolute atomic E-state index is 0.0563. The molecule has 3 nitrogen and oxygen atoms in total. The molecule has 0 saturated heterocycles. The van der Waals surface area contributed by atoms with Crippen molar-refractivity contribution in [3.63, 3.8) is 0 Å². The third-order valence-corrected chi connectivity index (χ3v) is 4.06. The third kappa shape index (κ3) is 14.1. The molecule has 0 aromatic carbocycles. The Hall–Kier alpha value is -0.830. The van der Waals surface area contributed by atoms with Crippen LogP contribution in [0.25, 0.3) is 0 Å². The van der Waals surface area contributed by atoms with Gasteiger partial charge in [0.1, 0.15) is 0 Å². The predicted molar refractivity (Wildman–Crippen MR) is 92.8 cm³/mol. The van der Waals surface area contributed by atoms with Crippen LogP contribution in [0.3, 0.4) is 0 Å². The Morgan fingerprint density at radius 1 is 1.00 bits per heavy atom. The van der Waals surface area contributed by atoms with Crippen LogP contribution in [0.2, 0.25) is 0 Å². The van der Waals surface area contributed by atoms with Gasteiger partial charge in [-0.15, -0.1) is 0 Å². The summed E-state index contributed by atoms with van der Waals surface area (Å²) in [4.78, 5) is 11.1. The van der Waals surface area contributed by atoms with Crippen molar-refractivity contribution in [2.24, 2.45) is 5.92 Å². The molecule has 0 amide bonds. The molecule has 0 aliphatic rings. The van der Waals surface area contributed by atoms with Gasteiger partial charge in [-0.1, -0.05) is 51.2 Å². The maximum atomic E-state index is 11.1. The van der Waals surface area contributed by atoms with E-state index in [-0.39, 0.29) is 12.1 Å². The van der Waals surface area contributed by atoms with Crippen LogP contribution in [0, 0.1) is 5.92 Å². The van der Waals surface area contributed by atoms with Crippen molar-refractivity contribution in [1.29, 1.82) is 0 Å². The van der Waals surface area contributed by atoms with Crippen molar-refractivity contribution < 1.29 is 14.6 Å². The Balaban J connectivity index is 3.24. The number of hydrogen-bond acceptors (Lipinski definition) is 3. The molecule has 0 aromatic heterocycles. The first kappa shape index (κ1) is 21.2. The lowest BCUT2D eigenvalue weighted by atomic mass is 10.0. The number of aliphatic hydroxyl groups is 1. The van der Waals surface area contributed by atoms with Crippen molar-refractivity contribution in [3.8, 4) is 0 Å². The van der Waals surface area contributed by atoms with E-state index in [1.807, 2.05) is 13.8 Å². The van der Waals surface area contributed by atoms with E-state index in [9.17, 15) is 9.90 Å². The Bertz CT molecular complexity index is 284. The number of carbonyl (C=O) groups excluding carboxylic acids is 1. The summed E-state index contributed by atoms with van der Waals surface area (Å²) in [5, 5.41) is 9.38. The lowest BCUT2D eigenvalue weighted by Crippen LogP contribution is -2.11. The summed E-state index contributed by atoms with van der Waals surface area (Å²) in [6.07, 6.45) is 15.3. The van der Waals surface area contributed by atoms with Gasteiger partial charge in [-0.2, -0.15) is 0 Å². The summed E-state index contributed by atoms with van der Waals surface area (Å²) in [6.45, 7) is 6.27. The van der Waals surface area contributed by atoms with Gasteiger partial charge in [0.25, 0.3) is 0 Å². The first-order chi connectivity index (χ1) is 10.6. The van der Waals surface area contributed by atoms with E-state index in [1.54, 1.807) is 0 Å². The quantitative estimate of drug-likeness (QED) is 0.278. The zero-order valence-corrected chi connectivity index (χ0v) is 14.9. The Labute approximate surface area is 137 Å². The zero-order valence-electron chi connectivity index (χ0n) is 14.9. The highest BCUT2D eigenvalue weighted by atomic mass is 16.5. The van der Waals surface area contributed by atoms with Crippen LogP contribution in [0.1, 0.15) is 85.0 Å². The van der Waals surface area contributed by atoms with E-state index in [0.29, 0.717) is 18.9 Å². The second-order valence-electron chi connectivity index (χ2n) is 6.24. The highest BCUT2D eigenvalue weighted by Gasteiger charge is 2.05. The first-order valence-electron chi connectivity index (χ1n) is 9.06. The standard InChI is InChI=1S/C19H36O3/c1-4-22-19(21)16-14-12-10-8-6-5-7-9-11-13-15-17(2)18(3)20/h11,13,17-18,20H,4-10,12,14-16H2,1-3H3/t17-,18+/m1/s1. The lowest BCUT2D eigenvalue weighted by molar-refractivity contribution is -0.143. The molecule has 0 bridgehead atoms. The van der Waals surface area contributed by atoms with Crippen LogP contribution in [0.5, 0.6) is 0 Å². The van der Waals surface area contributed by atoms with Gasteiger partial charge in [0.2, 0.25) is 0 Å². The molecule has 0 heterocycles. The summed E-state index contributed by atoms with van der Waals surface area (Å²) < 4.78 is 4.90. The van der Waals surface area contributed by atoms with Gasteiger partial charge in [0, 0.05) is 6.42 Å². The number of ether oxygens (including phenoxy) is 1. The van der Waals surface area contributed by atoms with Crippen molar-refractivity contribution >= 4 is 5.97 Å². The van der Waals surface area contributed by atoms with Crippen molar-refractivity contribution in [3.05, 3.63) is 12.2 Å². The minimum Gasteiger partial charge on any atom is -0.466 e. The van der Waals surface area contributed by atoms with Crippen LogP contribution in [-0.4, -0.2) is 23.8 Å². The molecule has 0 fully saturated rings. The lowest BCUT2D eigenvalue weighted by Gasteiger charge is -2.10. The van der Waals surface area contributed by atoms with Crippen LogP contribution >= 0.6 is 0 Å². The molecule has 0 radical (unpaired) electrons. The number of carbonyl (C=O) groups is 1. The molecular formula is C19H36O3. The van der Waals surface area contributed by atoms with Crippen molar-refractivity contribution in [1.82, 2.24) is 0 Å². The molecule has 0 aliphatic heterocycles. The Kier molecular flexibility index (Phi) is 14.5. The average molecular weight is 312 g/mol. The summed E-state index contributed by atoms with van der Waals surface area (Å²) >= 11 is 0. The summed E-state index contributed by atoms with van der Waals surface area (Å²) in [5.41, 5.74) is 0. The van der Waals surface area contributed by atoms with E-state index in [0.717, 1.165) is 25.7 Å². The van der Waals surface area contributed by atoms with E-state index >= 15 is 0 Å². The molecule has 130 valence electrons. The Morgan fingerprint density at radius 3 is 2.18 bits per heavy atom. The fourth-order valence-electron chi connectivity index (χ4n) is 2.27. The largest absolute Gasteiger partial charge is 0.466 e. The van der Waals surface area contributed by atoms with Gasteiger partial charge in [-0.05, 0) is 45.4 Å². The molecule has 1 N–H and O–H groups in total. The second kappa shape index (κ2) is 15.1. The van der Waals surface area contributed by atoms with Gasteiger partial charge in [0.15, 0.2) is 0 Å². The maximum absolute atomic E-state index is 11.1. The van der Waals surface area contributed by atoms with E-state index < -0.39 is 0 Å². The summed E-state index contributed by atoms with van der Waals surface area (Å²) in [7, 11) is 0. The SMILES string of the molecule is CCOC(=O)CCCCCCCCCC=CC[C@@H](C)[C@H](C)O. The zero-order chi connectivity index (χ0) is 16.6. The van der Waals surface area contributed by atoms with Crippen LogP contribution < -0.4 is 0 Å². The van der Waals surface area contributed by atoms with Crippen LogP contribution in [-0.2, 0) is 9.53 Å². The molecule has 0 saturated carbocycles. The van der Waals surface area contributed by atoms with Gasteiger partial charge >= 0.3 is 5.97 Å². The fraction of sp³-hybridized carbons (Fsp3) is 0.842. The summed E-state index contributed by atoms with van der Waals surface area (Å²) in [5.74, 6) is 0.296. The highest BCUT2D eigenvalue weighted by Crippen LogP contribution is 2.12. The van der Waals surface area contributed by atoms with Gasteiger partial charge in [-0.3, -0.25) is 4.79 Å². The highest BCUT2D eigenvalue weighted by molar-refractivity contribution is 5.69. The van der Waals surface area contributed by atoms with E-state index in [2.05, 4.69) is 19.1 Å². The number of unbranched alkanes of at least 4 members (excludes halogenated alkanes) is 7. The van der Waals surface area contributed by atoms with Crippen molar-refractivity contribution in [2.75, 3.05) is 6.61 Å². The van der Waals surface area contributed by atoms with E-state index in [4.69, 9.17) is 4.74 Å². The number of allylic oxidation sites excluding steroid dienone is 2. The first-order valence-corrected chi connectivity index (χ1v) is 9.06. The number of esters is 1. The molecule has 0 aromatic rings. The number of hydrogen-bond donors (Lipinski definition) is 1. The average Bonchev–Trinajstić information content (AvgIpc) is 2.48. The van der Waals surface area contributed by atoms with Crippen LogP contribution in [0.15, 0.2) is 12.2 Å². The Morgan fingerprint density at radius 2 is 1.59 bits per heavy atom. The molecular weight excluding hydrogens is 276 g/mol. The predicted octanol–water partition coefficient (Wildman–Crippen LogP) is 5.02. The molecule has 0 rings (SSSR count). The van der Waals surface area contributed by atoms with Gasteiger partial charge in [-0.25, -0.2) is 0 Å². The normalized spacial score (nSPS) is 14.2. The molecule has 0 unspecified atom stereocenters. The topological polar surface area (TPSA) is 46.5 Å². The third-order valence-electron chi connectivity index (χ3n) is 4.06. The fourth-order valence-corrected chi connectivity index (χ4v) is 2.27. The van der Waals surface area contributed by atoms with Crippen LogP contribution in [0.4, 0.5) is 0 Å². The number of aliphatic hydroxyl groups excluding tert-OH is 1. The molecule has 22 heavy (non-hydrogen) atoms. The molecule has 0 aliphatic carbocycles. The van der Waals surface area contributed by atoms with Crippen molar-refractivity contribution in [2.45, 2.75) is 91.1 Å². The second-order valence-corrected chi connectivity index (χ2v) is 6.24. The van der Waals surface area contributed by atoms with Gasteiger partial charge < -0.3 is 9.84 Å². The molecule has 3 heteroatoms. The summed E-state index contributed by atoms with van der Waals surface area (Å²) in [6, 6.07) is 0.